The summed E-state index contributed by atoms with van der Waals surface area (Å²) in [6, 6.07) is 0. The Morgan fingerprint density at radius 1 is 0.513 bits per heavy atom. The zero-order valence-corrected chi connectivity index (χ0v) is 27.0. The van der Waals surface area contributed by atoms with Gasteiger partial charge in [-0.2, -0.15) is 8.42 Å². The highest BCUT2D eigenvalue weighted by Gasteiger charge is 2.02. The number of ether oxygens (including phenoxy) is 1. The highest BCUT2D eigenvalue weighted by atomic mass is 32.3. The molecule has 0 aromatic carbocycles. The van der Waals surface area contributed by atoms with Gasteiger partial charge in [-0.15, -0.1) is 105 Å². The zero-order chi connectivity index (χ0) is 34.4. The molecule has 0 amide bonds. The van der Waals surface area contributed by atoms with E-state index >= 15 is 0 Å². The van der Waals surface area contributed by atoms with Gasteiger partial charge in [0.1, 0.15) is 0 Å². The zero-order valence-electron chi connectivity index (χ0n) is 26.2. The fraction of sp³-hybridized carbons (Fsp3) is 0.484. The van der Waals surface area contributed by atoms with Gasteiger partial charge in [-0.1, -0.05) is 45.4 Å². The van der Waals surface area contributed by atoms with Crippen LogP contribution >= 0.6 is 0 Å². The molecule has 240 valence electrons. The van der Waals surface area contributed by atoms with Gasteiger partial charge < -0.3 is 14.9 Å². The average molecular weight is 585 g/mol. The van der Waals surface area contributed by atoms with E-state index in [1.54, 1.807) is 0 Å². The van der Waals surface area contributed by atoms with Gasteiger partial charge in [0.25, 0.3) is 0 Å². The number of hydrogen-bond donors (Lipinski definition) is 3. The molecule has 0 heterocycles. The highest BCUT2D eigenvalue weighted by Crippen LogP contribution is 2.07. The van der Waals surface area contributed by atoms with Crippen molar-refractivity contribution in [1.82, 2.24) is 0 Å². The Kier molecular flexibility index (Phi) is 249. The van der Waals surface area contributed by atoms with Crippen LogP contribution in [0.1, 0.15) is 65.7 Å². The van der Waals surface area contributed by atoms with Crippen LogP contribution in [0.2, 0.25) is 0 Å². The summed E-state index contributed by atoms with van der Waals surface area (Å²) in [7, 11) is -4.23. The van der Waals surface area contributed by atoms with E-state index in [0.717, 1.165) is 26.1 Å². The second-order valence-corrected chi connectivity index (χ2v) is 5.69. The Labute approximate surface area is 246 Å². The summed E-state index contributed by atoms with van der Waals surface area (Å²) in [4.78, 5) is 0. The largest absolute Gasteiger partial charge is 0.397 e. The van der Waals surface area contributed by atoms with E-state index < -0.39 is 10.4 Å². The maximum Gasteiger partial charge on any atom is 0.397 e. The van der Waals surface area contributed by atoms with E-state index in [0.29, 0.717) is 6.42 Å². The molecule has 0 spiro atoms. The Bertz CT molecular complexity index is 364. The lowest BCUT2D eigenvalue weighted by Gasteiger charge is -2.00. The SMILES string of the molecule is C=C.C=C.C=C.C=C.C=C.C=C.C=C.C=C.CCCCCCCCCOS(=O)(=O)O.CCOCC.OCCO. The van der Waals surface area contributed by atoms with Crippen molar-refractivity contribution in [2.75, 3.05) is 33.0 Å². The summed E-state index contributed by atoms with van der Waals surface area (Å²) in [5, 5.41) is 15.2. The minimum Gasteiger partial charge on any atom is -0.394 e. The van der Waals surface area contributed by atoms with Crippen molar-refractivity contribution in [2.24, 2.45) is 0 Å². The number of aliphatic hydroxyl groups excluding tert-OH is 2. The molecule has 0 unspecified atom stereocenters. The number of aliphatic hydroxyl groups is 2. The smallest absolute Gasteiger partial charge is 0.394 e. The summed E-state index contributed by atoms with van der Waals surface area (Å²) in [5.74, 6) is 0. The first-order valence-corrected chi connectivity index (χ1v) is 13.7. The molecule has 0 aromatic heterocycles. The van der Waals surface area contributed by atoms with E-state index in [9.17, 15) is 8.42 Å². The van der Waals surface area contributed by atoms with Crippen LogP contribution in [-0.4, -0.2) is 56.2 Å². The number of hydrogen-bond acceptors (Lipinski definition) is 6. The van der Waals surface area contributed by atoms with E-state index in [4.69, 9.17) is 19.5 Å². The van der Waals surface area contributed by atoms with Crippen LogP contribution in [0.15, 0.2) is 105 Å². The molecule has 0 aliphatic rings. The van der Waals surface area contributed by atoms with Crippen molar-refractivity contribution in [3.63, 3.8) is 0 Å². The molecule has 0 atom stereocenters. The van der Waals surface area contributed by atoms with Gasteiger partial charge in [0.15, 0.2) is 0 Å². The molecule has 0 bridgehead atoms. The predicted octanol–water partition coefficient (Wildman–Crippen LogP) is 8.99. The molecular formula is C31H68O7S. The van der Waals surface area contributed by atoms with Crippen LogP contribution in [0, 0.1) is 0 Å². The monoisotopic (exact) mass is 584 g/mol. The lowest BCUT2D eigenvalue weighted by atomic mass is 10.1. The molecule has 0 aliphatic carbocycles. The summed E-state index contributed by atoms with van der Waals surface area (Å²) >= 11 is 0. The van der Waals surface area contributed by atoms with Crippen molar-refractivity contribution in [1.29, 1.82) is 0 Å². The molecular weight excluding hydrogens is 516 g/mol. The number of rotatable bonds is 12. The van der Waals surface area contributed by atoms with Crippen molar-refractivity contribution >= 4 is 10.4 Å². The maximum atomic E-state index is 10.1. The Morgan fingerprint density at radius 3 is 0.949 bits per heavy atom. The van der Waals surface area contributed by atoms with E-state index in [1.165, 1.54) is 25.7 Å². The minimum atomic E-state index is -4.23. The third-order valence-electron chi connectivity index (χ3n) is 2.49. The fourth-order valence-electron chi connectivity index (χ4n) is 1.43. The molecule has 0 radical (unpaired) electrons. The van der Waals surface area contributed by atoms with Crippen LogP contribution in [-0.2, 0) is 19.3 Å². The first-order valence-electron chi connectivity index (χ1n) is 12.3. The quantitative estimate of drug-likeness (QED) is 0.119. The van der Waals surface area contributed by atoms with Gasteiger partial charge in [-0.3, -0.25) is 4.55 Å². The molecule has 0 aromatic rings. The Morgan fingerprint density at radius 2 is 0.769 bits per heavy atom. The predicted molar refractivity (Wildman–Crippen MR) is 182 cm³/mol. The third-order valence-corrected chi connectivity index (χ3v) is 2.95. The lowest BCUT2D eigenvalue weighted by Crippen LogP contribution is -2.04. The Hall–Kier alpha value is -2.33. The molecule has 0 rings (SSSR count). The second kappa shape index (κ2) is 137. The second-order valence-electron chi connectivity index (χ2n) is 4.60. The van der Waals surface area contributed by atoms with Crippen molar-refractivity contribution in [2.45, 2.75) is 65.7 Å². The molecule has 39 heavy (non-hydrogen) atoms. The molecule has 8 heteroatoms. The van der Waals surface area contributed by atoms with Gasteiger partial charge in [0.2, 0.25) is 0 Å². The van der Waals surface area contributed by atoms with Gasteiger partial charge in [0, 0.05) is 13.2 Å². The van der Waals surface area contributed by atoms with E-state index in [1.807, 2.05) is 13.8 Å². The summed E-state index contributed by atoms with van der Waals surface area (Å²) in [6.07, 6.45) is 7.68. The third kappa shape index (κ3) is 297. The first kappa shape index (κ1) is 70.8. The maximum absolute atomic E-state index is 10.1. The van der Waals surface area contributed by atoms with Gasteiger partial charge >= 0.3 is 10.4 Å². The summed E-state index contributed by atoms with van der Waals surface area (Å²) in [6.45, 7) is 55.7. The molecule has 0 saturated heterocycles. The van der Waals surface area contributed by atoms with Crippen molar-refractivity contribution < 1.29 is 32.1 Å². The Balaban J connectivity index is -0.0000000292. The highest BCUT2D eigenvalue weighted by molar-refractivity contribution is 7.80. The minimum absolute atomic E-state index is 0.0899. The van der Waals surface area contributed by atoms with Gasteiger partial charge in [-0.25, -0.2) is 4.18 Å². The fourth-order valence-corrected chi connectivity index (χ4v) is 1.76. The van der Waals surface area contributed by atoms with Crippen LogP contribution in [0.4, 0.5) is 0 Å². The number of unbranched alkanes of at least 4 members (excludes halogenated alkanes) is 6. The topological polar surface area (TPSA) is 113 Å². The van der Waals surface area contributed by atoms with Crippen LogP contribution in [0.5, 0.6) is 0 Å². The van der Waals surface area contributed by atoms with Gasteiger partial charge in [0.05, 0.1) is 19.8 Å². The lowest BCUT2D eigenvalue weighted by molar-refractivity contribution is 0.162. The molecule has 0 saturated carbocycles. The van der Waals surface area contributed by atoms with Crippen molar-refractivity contribution in [3.8, 4) is 0 Å². The average Bonchev–Trinajstić information content (AvgIpc) is 3.03. The normalized spacial score (nSPS) is 6.92. The van der Waals surface area contributed by atoms with Crippen LogP contribution < -0.4 is 0 Å². The molecule has 0 aliphatic heterocycles. The van der Waals surface area contributed by atoms with Gasteiger partial charge in [-0.05, 0) is 20.3 Å². The standard InChI is InChI=1S/C9H20O4S.C4H10O.C2H6O2.8C2H4/c1-2-3-4-5-6-7-8-9-13-14(10,11)12;1-3-5-4-2;3-1-2-4;8*1-2/h2-9H2,1H3,(H,10,11,12);3-4H2,1-2H3;3-4H,1-2H2;8*1-2H2. The van der Waals surface area contributed by atoms with Crippen molar-refractivity contribution in [3.05, 3.63) is 105 Å². The van der Waals surface area contributed by atoms with Crippen LogP contribution in [0.3, 0.4) is 0 Å². The van der Waals surface area contributed by atoms with Crippen LogP contribution in [0.25, 0.3) is 0 Å². The molecule has 3 N–H and O–H groups in total. The molecule has 0 fully saturated rings. The summed E-state index contributed by atoms with van der Waals surface area (Å²) < 4.78 is 37.5. The first-order chi connectivity index (χ1) is 18.9. The summed E-state index contributed by atoms with van der Waals surface area (Å²) in [5.41, 5.74) is 0. The van der Waals surface area contributed by atoms with E-state index in [2.05, 4.69) is 116 Å². The van der Waals surface area contributed by atoms with E-state index in [-0.39, 0.29) is 19.8 Å². The molecule has 7 nitrogen and oxygen atoms in total.